The highest BCUT2D eigenvalue weighted by Gasteiger charge is 2.35. The number of hydrogen-bond acceptors (Lipinski definition) is 2. The summed E-state index contributed by atoms with van der Waals surface area (Å²) in [5, 5.41) is 0. The van der Waals surface area contributed by atoms with Crippen LogP contribution in [0.4, 0.5) is 11.4 Å². The normalized spacial score (nSPS) is 12.9. The highest BCUT2D eigenvalue weighted by molar-refractivity contribution is 5.49. The van der Waals surface area contributed by atoms with Crippen molar-refractivity contribution in [3.63, 3.8) is 0 Å². The number of allylic oxidation sites excluding steroid dienone is 1. The summed E-state index contributed by atoms with van der Waals surface area (Å²) in [5.41, 5.74) is 16.7. The molecule has 1 atom stereocenters. The Hall–Kier alpha value is -2.22. The van der Waals surface area contributed by atoms with E-state index in [9.17, 15) is 0 Å². The predicted molar refractivity (Wildman–Crippen MR) is 92.1 cm³/mol. The summed E-state index contributed by atoms with van der Waals surface area (Å²) in [6, 6.07) is 16.2. The van der Waals surface area contributed by atoms with Crippen LogP contribution in [-0.4, -0.2) is 0 Å². The van der Waals surface area contributed by atoms with Gasteiger partial charge in [-0.05, 0) is 48.2 Å². The molecule has 21 heavy (non-hydrogen) atoms. The summed E-state index contributed by atoms with van der Waals surface area (Å²) < 4.78 is 0. The molecule has 4 N–H and O–H groups in total. The van der Waals surface area contributed by atoms with E-state index in [-0.39, 0.29) is 5.41 Å². The number of hydrogen-bond donors (Lipinski definition) is 2. The molecule has 0 saturated carbocycles. The SMILES string of the molecule is C=C(C)C(C)C(C)(c1ccc(N)cc1)c1ccc(N)cc1. The van der Waals surface area contributed by atoms with Crippen molar-refractivity contribution in [2.75, 3.05) is 11.5 Å². The lowest BCUT2D eigenvalue weighted by molar-refractivity contribution is 0.427. The van der Waals surface area contributed by atoms with E-state index >= 15 is 0 Å². The monoisotopic (exact) mass is 280 g/mol. The fourth-order valence-corrected chi connectivity index (χ4v) is 2.82. The minimum Gasteiger partial charge on any atom is -0.399 e. The first-order valence-corrected chi connectivity index (χ1v) is 7.23. The Kier molecular flexibility index (Phi) is 4.08. The number of anilines is 2. The third kappa shape index (κ3) is 2.80. The maximum Gasteiger partial charge on any atom is 0.0314 e. The van der Waals surface area contributed by atoms with E-state index in [0.717, 1.165) is 16.9 Å². The molecule has 0 saturated heterocycles. The molecule has 2 rings (SSSR count). The van der Waals surface area contributed by atoms with Gasteiger partial charge >= 0.3 is 0 Å². The summed E-state index contributed by atoms with van der Waals surface area (Å²) >= 11 is 0. The van der Waals surface area contributed by atoms with Crippen LogP contribution in [0.15, 0.2) is 60.7 Å². The molecule has 1 unspecified atom stereocenters. The topological polar surface area (TPSA) is 52.0 Å². The fourth-order valence-electron chi connectivity index (χ4n) is 2.82. The molecule has 0 radical (unpaired) electrons. The van der Waals surface area contributed by atoms with Gasteiger partial charge in [-0.3, -0.25) is 0 Å². The lowest BCUT2D eigenvalue weighted by Crippen LogP contribution is -2.32. The summed E-state index contributed by atoms with van der Waals surface area (Å²) in [4.78, 5) is 0. The second-order valence-electron chi connectivity index (χ2n) is 6.01. The van der Waals surface area contributed by atoms with Crippen molar-refractivity contribution in [3.05, 3.63) is 71.8 Å². The maximum atomic E-state index is 5.83. The van der Waals surface area contributed by atoms with E-state index in [1.807, 2.05) is 24.3 Å². The molecule has 110 valence electrons. The van der Waals surface area contributed by atoms with Crippen LogP contribution in [0.3, 0.4) is 0 Å². The standard InChI is InChI=1S/C19H24N2/c1-13(2)14(3)19(4,15-5-9-17(20)10-6-15)16-7-11-18(21)12-8-16/h5-12,14H,1,20-21H2,2-4H3. The van der Waals surface area contributed by atoms with Crippen molar-refractivity contribution in [2.45, 2.75) is 26.2 Å². The Morgan fingerprint density at radius 3 is 1.52 bits per heavy atom. The third-order valence-corrected chi connectivity index (χ3v) is 4.63. The van der Waals surface area contributed by atoms with Gasteiger partial charge in [0.15, 0.2) is 0 Å². The third-order valence-electron chi connectivity index (χ3n) is 4.63. The Morgan fingerprint density at radius 1 is 0.905 bits per heavy atom. The van der Waals surface area contributed by atoms with Gasteiger partial charge < -0.3 is 11.5 Å². The van der Waals surface area contributed by atoms with Gasteiger partial charge in [-0.15, -0.1) is 0 Å². The van der Waals surface area contributed by atoms with Gasteiger partial charge in [0.25, 0.3) is 0 Å². The van der Waals surface area contributed by atoms with E-state index in [1.54, 1.807) is 0 Å². The molecule has 0 heterocycles. The first-order chi connectivity index (χ1) is 9.85. The Balaban J connectivity index is 2.61. The van der Waals surface area contributed by atoms with Crippen LogP contribution >= 0.6 is 0 Å². The van der Waals surface area contributed by atoms with Crippen molar-refractivity contribution in [1.29, 1.82) is 0 Å². The van der Waals surface area contributed by atoms with Gasteiger partial charge in [0, 0.05) is 16.8 Å². The number of benzene rings is 2. The molecule has 0 aliphatic rings. The molecule has 2 aromatic rings. The van der Waals surface area contributed by atoms with E-state index in [0.29, 0.717) is 5.92 Å². The fraction of sp³-hybridized carbons (Fsp3) is 0.263. The van der Waals surface area contributed by atoms with Crippen molar-refractivity contribution < 1.29 is 0 Å². The zero-order valence-corrected chi connectivity index (χ0v) is 13.1. The molecule has 2 aromatic carbocycles. The largest absolute Gasteiger partial charge is 0.399 e. The van der Waals surface area contributed by atoms with Gasteiger partial charge in [-0.25, -0.2) is 0 Å². The van der Waals surface area contributed by atoms with Crippen LogP contribution in [0.5, 0.6) is 0 Å². The van der Waals surface area contributed by atoms with Gasteiger partial charge in [0.2, 0.25) is 0 Å². The van der Waals surface area contributed by atoms with E-state index in [4.69, 9.17) is 11.5 Å². The minimum atomic E-state index is -0.159. The van der Waals surface area contributed by atoms with Crippen molar-refractivity contribution >= 4 is 11.4 Å². The van der Waals surface area contributed by atoms with E-state index < -0.39 is 0 Å². The summed E-state index contributed by atoms with van der Waals surface area (Å²) in [6.45, 7) is 10.7. The molecule has 0 aliphatic heterocycles. The van der Waals surface area contributed by atoms with Crippen LogP contribution in [0.1, 0.15) is 31.9 Å². The Bertz CT molecular complexity index is 578. The first-order valence-electron chi connectivity index (χ1n) is 7.23. The molecular weight excluding hydrogens is 256 g/mol. The van der Waals surface area contributed by atoms with Crippen molar-refractivity contribution in [3.8, 4) is 0 Å². The second kappa shape index (κ2) is 5.65. The van der Waals surface area contributed by atoms with Gasteiger partial charge in [0.05, 0.1) is 0 Å². The van der Waals surface area contributed by atoms with Gasteiger partial charge in [-0.1, -0.05) is 50.3 Å². The molecule has 0 fully saturated rings. The maximum absolute atomic E-state index is 5.83. The lowest BCUT2D eigenvalue weighted by Gasteiger charge is -2.37. The Morgan fingerprint density at radius 2 is 1.24 bits per heavy atom. The van der Waals surface area contributed by atoms with Gasteiger partial charge in [0.1, 0.15) is 0 Å². The molecule has 0 bridgehead atoms. The first kappa shape index (κ1) is 15.2. The van der Waals surface area contributed by atoms with Gasteiger partial charge in [-0.2, -0.15) is 0 Å². The van der Waals surface area contributed by atoms with Crippen LogP contribution < -0.4 is 11.5 Å². The van der Waals surface area contributed by atoms with E-state index in [2.05, 4.69) is 51.6 Å². The molecular formula is C19H24N2. The lowest BCUT2D eigenvalue weighted by atomic mass is 9.66. The second-order valence-corrected chi connectivity index (χ2v) is 6.01. The van der Waals surface area contributed by atoms with Crippen LogP contribution in [0.2, 0.25) is 0 Å². The molecule has 0 amide bonds. The average Bonchev–Trinajstić information content (AvgIpc) is 2.47. The Labute approximate surface area is 127 Å². The minimum absolute atomic E-state index is 0.159. The number of nitrogens with two attached hydrogens (primary N) is 2. The van der Waals surface area contributed by atoms with Crippen LogP contribution in [0.25, 0.3) is 0 Å². The zero-order chi connectivity index (χ0) is 15.6. The predicted octanol–water partition coefficient (Wildman–Crippen LogP) is 4.37. The van der Waals surface area contributed by atoms with Crippen molar-refractivity contribution in [1.82, 2.24) is 0 Å². The van der Waals surface area contributed by atoms with Crippen LogP contribution in [-0.2, 0) is 5.41 Å². The number of rotatable bonds is 4. The average molecular weight is 280 g/mol. The van der Waals surface area contributed by atoms with Crippen molar-refractivity contribution in [2.24, 2.45) is 5.92 Å². The number of nitrogen functional groups attached to an aromatic ring is 2. The molecule has 0 spiro atoms. The smallest absolute Gasteiger partial charge is 0.0314 e. The highest BCUT2D eigenvalue weighted by atomic mass is 14.5. The molecule has 0 aliphatic carbocycles. The quantitative estimate of drug-likeness (QED) is 0.645. The van der Waals surface area contributed by atoms with Crippen LogP contribution in [0, 0.1) is 5.92 Å². The summed E-state index contributed by atoms with van der Waals surface area (Å²) in [6.07, 6.45) is 0. The molecule has 2 nitrogen and oxygen atoms in total. The summed E-state index contributed by atoms with van der Waals surface area (Å²) in [7, 11) is 0. The molecule has 0 aromatic heterocycles. The zero-order valence-electron chi connectivity index (χ0n) is 13.1. The molecule has 2 heteroatoms. The highest BCUT2D eigenvalue weighted by Crippen LogP contribution is 2.42. The summed E-state index contributed by atoms with van der Waals surface area (Å²) in [5.74, 6) is 0.296. The van der Waals surface area contributed by atoms with E-state index in [1.165, 1.54) is 11.1 Å².